The highest BCUT2D eigenvalue weighted by molar-refractivity contribution is 6.03. The zero-order chi connectivity index (χ0) is 21.0. The standard InChI is InChI=1S/C22H26N4O3/c1-4-14-25-18-11-7-8-12-19(18)26(22(25)29)15-13-20(27)23-17-10-6-5-9-16(17)21(28)24(2)3/h5-12H,4,13-15H2,1-3H3,(H,23,27). The van der Waals surface area contributed by atoms with Gasteiger partial charge in [0.05, 0.1) is 22.3 Å². The van der Waals surface area contributed by atoms with Crippen molar-refractivity contribution in [2.24, 2.45) is 0 Å². The van der Waals surface area contributed by atoms with Gasteiger partial charge in [-0.25, -0.2) is 4.79 Å². The third kappa shape index (κ3) is 4.23. The van der Waals surface area contributed by atoms with Gasteiger partial charge in [-0.3, -0.25) is 18.7 Å². The van der Waals surface area contributed by atoms with Crippen molar-refractivity contribution >= 4 is 28.5 Å². The molecule has 0 aliphatic rings. The molecule has 29 heavy (non-hydrogen) atoms. The van der Waals surface area contributed by atoms with Crippen LogP contribution in [0.15, 0.2) is 53.3 Å². The predicted octanol–water partition coefficient (Wildman–Crippen LogP) is 2.94. The number of hydrogen-bond acceptors (Lipinski definition) is 3. The number of carbonyl (C=O) groups excluding carboxylic acids is 2. The number of hydrogen-bond donors (Lipinski definition) is 1. The molecule has 0 atom stereocenters. The summed E-state index contributed by atoms with van der Waals surface area (Å²) >= 11 is 0. The average molecular weight is 394 g/mol. The third-order valence-corrected chi connectivity index (χ3v) is 4.77. The third-order valence-electron chi connectivity index (χ3n) is 4.77. The molecule has 0 saturated carbocycles. The normalized spacial score (nSPS) is 10.9. The van der Waals surface area contributed by atoms with Crippen molar-refractivity contribution in [1.29, 1.82) is 0 Å². The minimum absolute atomic E-state index is 0.107. The summed E-state index contributed by atoms with van der Waals surface area (Å²) in [4.78, 5) is 39.1. The van der Waals surface area contributed by atoms with E-state index in [1.54, 1.807) is 47.5 Å². The molecule has 3 rings (SSSR count). The van der Waals surface area contributed by atoms with E-state index in [1.807, 2.05) is 31.2 Å². The van der Waals surface area contributed by atoms with Gasteiger partial charge in [-0.1, -0.05) is 31.2 Å². The number of benzene rings is 2. The number of amides is 2. The van der Waals surface area contributed by atoms with E-state index in [1.165, 1.54) is 4.90 Å². The van der Waals surface area contributed by atoms with Crippen LogP contribution in [-0.2, 0) is 17.9 Å². The van der Waals surface area contributed by atoms with Crippen LogP contribution in [0.3, 0.4) is 0 Å². The highest BCUT2D eigenvalue weighted by Crippen LogP contribution is 2.17. The molecule has 7 nitrogen and oxygen atoms in total. The first-order valence-corrected chi connectivity index (χ1v) is 9.72. The Balaban J connectivity index is 1.79. The zero-order valence-corrected chi connectivity index (χ0v) is 17.0. The molecule has 2 aromatic carbocycles. The predicted molar refractivity (Wildman–Crippen MR) is 114 cm³/mol. The van der Waals surface area contributed by atoms with E-state index >= 15 is 0 Å². The summed E-state index contributed by atoms with van der Waals surface area (Å²) in [5.41, 5.74) is 2.49. The zero-order valence-electron chi connectivity index (χ0n) is 17.0. The molecule has 3 aromatic rings. The van der Waals surface area contributed by atoms with Gasteiger partial charge < -0.3 is 10.2 Å². The Bertz CT molecular complexity index is 1090. The molecule has 152 valence electrons. The highest BCUT2D eigenvalue weighted by atomic mass is 16.2. The maximum atomic E-state index is 12.8. The number of imidazole rings is 1. The smallest absolute Gasteiger partial charge is 0.329 e. The topological polar surface area (TPSA) is 76.3 Å². The van der Waals surface area contributed by atoms with E-state index < -0.39 is 0 Å². The molecule has 0 saturated heterocycles. The number of fused-ring (bicyclic) bond motifs is 1. The van der Waals surface area contributed by atoms with Crippen LogP contribution in [0.5, 0.6) is 0 Å². The molecule has 0 unspecified atom stereocenters. The van der Waals surface area contributed by atoms with E-state index in [4.69, 9.17) is 0 Å². The molecule has 2 amide bonds. The Morgan fingerprint density at radius 3 is 2.14 bits per heavy atom. The van der Waals surface area contributed by atoms with Crippen molar-refractivity contribution in [3.63, 3.8) is 0 Å². The number of nitrogens with one attached hydrogen (secondary N) is 1. The van der Waals surface area contributed by atoms with Gasteiger partial charge in [-0.15, -0.1) is 0 Å². The Kier molecular flexibility index (Phi) is 6.16. The maximum absolute atomic E-state index is 12.8. The second kappa shape index (κ2) is 8.77. The molecule has 1 heterocycles. The first kappa shape index (κ1) is 20.4. The molecule has 0 aliphatic carbocycles. The number of rotatable bonds is 7. The van der Waals surface area contributed by atoms with Crippen LogP contribution < -0.4 is 11.0 Å². The lowest BCUT2D eigenvalue weighted by Crippen LogP contribution is -2.27. The first-order chi connectivity index (χ1) is 13.9. The fourth-order valence-electron chi connectivity index (χ4n) is 3.37. The average Bonchev–Trinajstić information content (AvgIpc) is 2.98. The van der Waals surface area contributed by atoms with Crippen LogP contribution in [0.1, 0.15) is 30.1 Å². The first-order valence-electron chi connectivity index (χ1n) is 9.72. The Hall–Kier alpha value is -3.35. The van der Waals surface area contributed by atoms with Crippen molar-refractivity contribution in [3.8, 4) is 0 Å². The van der Waals surface area contributed by atoms with Crippen molar-refractivity contribution in [2.45, 2.75) is 32.9 Å². The lowest BCUT2D eigenvalue weighted by Gasteiger charge is -2.14. The monoisotopic (exact) mass is 394 g/mol. The van der Waals surface area contributed by atoms with Crippen molar-refractivity contribution in [1.82, 2.24) is 14.0 Å². The van der Waals surface area contributed by atoms with E-state index in [0.29, 0.717) is 17.8 Å². The minimum Gasteiger partial charge on any atom is -0.345 e. The molecule has 0 bridgehead atoms. The van der Waals surface area contributed by atoms with Crippen LogP contribution in [0.4, 0.5) is 5.69 Å². The number of aryl methyl sites for hydroxylation is 2. The highest BCUT2D eigenvalue weighted by Gasteiger charge is 2.16. The number of para-hydroxylation sites is 3. The van der Waals surface area contributed by atoms with E-state index in [9.17, 15) is 14.4 Å². The van der Waals surface area contributed by atoms with Gasteiger partial charge in [-0.2, -0.15) is 0 Å². The molecule has 1 N–H and O–H groups in total. The molecule has 1 aromatic heterocycles. The molecular weight excluding hydrogens is 368 g/mol. The van der Waals surface area contributed by atoms with E-state index in [2.05, 4.69) is 5.32 Å². The Morgan fingerprint density at radius 1 is 0.931 bits per heavy atom. The summed E-state index contributed by atoms with van der Waals surface area (Å²) in [5.74, 6) is -0.428. The van der Waals surface area contributed by atoms with Crippen LogP contribution in [0.2, 0.25) is 0 Å². The van der Waals surface area contributed by atoms with Gasteiger partial charge in [0.2, 0.25) is 5.91 Å². The van der Waals surface area contributed by atoms with Gasteiger partial charge in [0, 0.05) is 33.6 Å². The molecule has 0 fully saturated rings. The number of aromatic nitrogens is 2. The van der Waals surface area contributed by atoms with E-state index in [0.717, 1.165) is 17.5 Å². The number of nitrogens with zero attached hydrogens (tertiary/aromatic N) is 3. The lowest BCUT2D eigenvalue weighted by atomic mass is 10.1. The van der Waals surface area contributed by atoms with Crippen LogP contribution in [0.25, 0.3) is 11.0 Å². The second-order valence-corrected chi connectivity index (χ2v) is 7.12. The fourth-order valence-corrected chi connectivity index (χ4v) is 3.37. The van der Waals surface area contributed by atoms with Gasteiger partial charge in [0.25, 0.3) is 5.91 Å². The van der Waals surface area contributed by atoms with Crippen LogP contribution >= 0.6 is 0 Å². The Labute approximate surface area is 169 Å². The summed E-state index contributed by atoms with van der Waals surface area (Å²) in [7, 11) is 3.33. The molecule has 7 heteroatoms. The molecular formula is C22H26N4O3. The number of carbonyl (C=O) groups is 2. The summed E-state index contributed by atoms with van der Waals surface area (Å²) in [5, 5.41) is 2.81. The van der Waals surface area contributed by atoms with Gasteiger partial charge in [0.1, 0.15) is 0 Å². The molecule has 0 radical (unpaired) electrons. The minimum atomic E-state index is -0.247. The second-order valence-electron chi connectivity index (χ2n) is 7.12. The fraction of sp³-hybridized carbons (Fsp3) is 0.318. The molecule has 0 spiro atoms. The Morgan fingerprint density at radius 2 is 1.52 bits per heavy atom. The van der Waals surface area contributed by atoms with E-state index in [-0.39, 0.29) is 30.5 Å². The van der Waals surface area contributed by atoms with Crippen LogP contribution in [-0.4, -0.2) is 39.9 Å². The van der Waals surface area contributed by atoms with Gasteiger partial charge >= 0.3 is 5.69 Å². The largest absolute Gasteiger partial charge is 0.345 e. The summed E-state index contributed by atoms with van der Waals surface area (Å²) < 4.78 is 3.39. The van der Waals surface area contributed by atoms with Crippen molar-refractivity contribution in [2.75, 3.05) is 19.4 Å². The summed E-state index contributed by atoms with van der Waals surface area (Å²) in [6.45, 7) is 2.93. The SMILES string of the molecule is CCCn1c(=O)n(CCC(=O)Nc2ccccc2C(=O)N(C)C)c2ccccc21. The van der Waals surface area contributed by atoms with Crippen molar-refractivity contribution in [3.05, 3.63) is 64.6 Å². The maximum Gasteiger partial charge on any atom is 0.329 e. The van der Waals surface area contributed by atoms with Crippen molar-refractivity contribution < 1.29 is 9.59 Å². The lowest BCUT2D eigenvalue weighted by molar-refractivity contribution is -0.116. The summed E-state index contributed by atoms with van der Waals surface area (Å²) in [6, 6.07) is 14.5. The van der Waals surface area contributed by atoms with Gasteiger partial charge in [0.15, 0.2) is 0 Å². The molecule has 0 aliphatic heterocycles. The number of anilines is 1. The van der Waals surface area contributed by atoms with Gasteiger partial charge in [-0.05, 0) is 30.7 Å². The summed E-state index contributed by atoms with van der Waals surface area (Å²) in [6.07, 6.45) is 0.982. The van der Waals surface area contributed by atoms with Crippen LogP contribution in [0, 0.1) is 0 Å². The quantitative estimate of drug-likeness (QED) is 0.669.